The van der Waals surface area contributed by atoms with Crippen LogP contribution in [0.1, 0.15) is 59.8 Å². The molecular formula is C18H38N2O. The van der Waals surface area contributed by atoms with E-state index in [4.69, 9.17) is 4.74 Å². The summed E-state index contributed by atoms with van der Waals surface area (Å²) in [5.41, 5.74) is 0.426. The third-order valence-electron chi connectivity index (χ3n) is 4.66. The highest BCUT2D eigenvalue weighted by atomic mass is 16.5. The molecule has 0 spiro atoms. The smallest absolute Gasteiger partial charge is 0.0471 e. The maximum absolute atomic E-state index is 5.74. The zero-order valence-corrected chi connectivity index (χ0v) is 15.0. The van der Waals surface area contributed by atoms with E-state index < -0.39 is 0 Å². The second kappa shape index (κ2) is 10.6. The molecule has 0 aromatic rings. The molecule has 0 aromatic heterocycles. The highest BCUT2D eigenvalue weighted by Gasteiger charge is 2.27. The molecule has 126 valence electrons. The minimum Gasteiger partial charge on any atom is -0.381 e. The van der Waals surface area contributed by atoms with Gasteiger partial charge in [-0.1, -0.05) is 34.1 Å². The molecule has 21 heavy (non-hydrogen) atoms. The van der Waals surface area contributed by atoms with Gasteiger partial charge in [0.05, 0.1) is 0 Å². The van der Waals surface area contributed by atoms with Gasteiger partial charge in [-0.15, -0.1) is 0 Å². The first-order chi connectivity index (χ1) is 10.1. The molecule has 1 fully saturated rings. The second-order valence-corrected chi connectivity index (χ2v) is 7.04. The van der Waals surface area contributed by atoms with Crippen molar-refractivity contribution < 1.29 is 4.74 Å². The van der Waals surface area contributed by atoms with Crippen LogP contribution in [-0.2, 0) is 4.74 Å². The molecule has 1 aliphatic heterocycles. The summed E-state index contributed by atoms with van der Waals surface area (Å²) in [5, 5.41) is 0. The van der Waals surface area contributed by atoms with Crippen molar-refractivity contribution in [2.45, 2.75) is 59.8 Å². The topological polar surface area (TPSA) is 15.7 Å². The van der Waals surface area contributed by atoms with Gasteiger partial charge in [-0.25, -0.2) is 0 Å². The highest BCUT2D eigenvalue weighted by Crippen LogP contribution is 2.29. The molecule has 1 heterocycles. The number of piperazine rings is 1. The fourth-order valence-corrected chi connectivity index (χ4v) is 3.48. The van der Waals surface area contributed by atoms with E-state index in [0.29, 0.717) is 5.41 Å². The molecule has 0 N–H and O–H groups in total. The van der Waals surface area contributed by atoms with Crippen molar-refractivity contribution in [3.8, 4) is 0 Å². The molecule has 0 bridgehead atoms. The predicted octanol–water partition coefficient (Wildman–Crippen LogP) is 3.64. The molecule has 0 radical (unpaired) electrons. The Bertz CT molecular complexity index is 252. The van der Waals surface area contributed by atoms with E-state index in [-0.39, 0.29) is 0 Å². The monoisotopic (exact) mass is 298 g/mol. The predicted molar refractivity (Wildman–Crippen MR) is 91.9 cm³/mol. The fourth-order valence-electron chi connectivity index (χ4n) is 3.48. The van der Waals surface area contributed by atoms with Gasteiger partial charge in [0.1, 0.15) is 0 Å². The van der Waals surface area contributed by atoms with E-state index in [1.165, 1.54) is 65.0 Å². The van der Waals surface area contributed by atoms with Crippen molar-refractivity contribution in [1.29, 1.82) is 0 Å². The summed E-state index contributed by atoms with van der Waals surface area (Å²) in [5.74, 6) is 0. The lowest BCUT2D eigenvalue weighted by Crippen LogP contribution is -2.49. The Labute approximate surface area is 133 Å². The molecule has 3 heteroatoms. The Balaban J connectivity index is 2.35. The summed E-state index contributed by atoms with van der Waals surface area (Å²) in [6.07, 6.45) is 6.21. The third kappa shape index (κ3) is 7.62. The van der Waals surface area contributed by atoms with E-state index in [1.807, 2.05) is 0 Å². The first-order valence-corrected chi connectivity index (χ1v) is 9.16. The van der Waals surface area contributed by atoms with Crippen LogP contribution in [0, 0.1) is 5.41 Å². The van der Waals surface area contributed by atoms with Crippen molar-refractivity contribution >= 4 is 0 Å². The van der Waals surface area contributed by atoms with Crippen LogP contribution in [0.15, 0.2) is 0 Å². The van der Waals surface area contributed by atoms with E-state index >= 15 is 0 Å². The summed E-state index contributed by atoms with van der Waals surface area (Å²) in [6.45, 7) is 18.6. The number of hydrogen-bond acceptors (Lipinski definition) is 3. The number of nitrogens with zero attached hydrogens (tertiary/aromatic N) is 2. The largest absolute Gasteiger partial charge is 0.381 e. The van der Waals surface area contributed by atoms with Gasteiger partial charge < -0.3 is 14.5 Å². The van der Waals surface area contributed by atoms with Crippen LogP contribution in [-0.4, -0.2) is 62.3 Å². The molecule has 3 nitrogen and oxygen atoms in total. The van der Waals surface area contributed by atoms with Gasteiger partial charge in [-0.3, -0.25) is 0 Å². The average Bonchev–Trinajstić information content (AvgIpc) is 2.46. The standard InChI is InChI=1S/C18H38N2O/c1-5-8-18(4,9-16-21-15-7-3)17-20-13-11-19(10-6-2)12-14-20/h5-17H2,1-4H3. The average molecular weight is 299 g/mol. The van der Waals surface area contributed by atoms with E-state index in [2.05, 4.69) is 37.5 Å². The zero-order valence-electron chi connectivity index (χ0n) is 15.0. The van der Waals surface area contributed by atoms with Gasteiger partial charge in [-0.05, 0) is 37.6 Å². The molecule has 0 saturated carbocycles. The summed E-state index contributed by atoms with van der Waals surface area (Å²) >= 11 is 0. The Hall–Kier alpha value is -0.120. The van der Waals surface area contributed by atoms with Crippen LogP contribution in [0.3, 0.4) is 0 Å². The maximum Gasteiger partial charge on any atom is 0.0471 e. The van der Waals surface area contributed by atoms with Gasteiger partial charge in [-0.2, -0.15) is 0 Å². The van der Waals surface area contributed by atoms with Gasteiger partial charge in [0.25, 0.3) is 0 Å². The lowest BCUT2D eigenvalue weighted by molar-refractivity contribution is 0.0530. The van der Waals surface area contributed by atoms with Crippen LogP contribution in [0.25, 0.3) is 0 Å². The fraction of sp³-hybridized carbons (Fsp3) is 1.00. The minimum absolute atomic E-state index is 0.426. The first kappa shape index (κ1) is 18.9. The van der Waals surface area contributed by atoms with Gasteiger partial charge >= 0.3 is 0 Å². The van der Waals surface area contributed by atoms with Gasteiger partial charge in [0.2, 0.25) is 0 Å². The molecule has 1 saturated heterocycles. The zero-order chi connectivity index (χ0) is 15.6. The minimum atomic E-state index is 0.426. The summed E-state index contributed by atoms with van der Waals surface area (Å²) in [6, 6.07) is 0. The van der Waals surface area contributed by atoms with Gasteiger partial charge in [0.15, 0.2) is 0 Å². The Morgan fingerprint density at radius 2 is 1.48 bits per heavy atom. The third-order valence-corrected chi connectivity index (χ3v) is 4.66. The Morgan fingerprint density at radius 3 is 2.05 bits per heavy atom. The van der Waals surface area contributed by atoms with E-state index in [1.54, 1.807) is 0 Å². The Morgan fingerprint density at radius 1 is 0.810 bits per heavy atom. The van der Waals surface area contributed by atoms with Crippen LogP contribution in [0.5, 0.6) is 0 Å². The first-order valence-electron chi connectivity index (χ1n) is 9.16. The SMILES string of the molecule is CCCOCCC(C)(CCC)CN1CCN(CCC)CC1. The van der Waals surface area contributed by atoms with E-state index in [0.717, 1.165) is 19.6 Å². The van der Waals surface area contributed by atoms with Crippen molar-refractivity contribution in [2.75, 3.05) is 52.5 Å². The molecule has 0 aromatic carbocycles. The Kier molecular flexibility index (Phi) is 9.54. The molecule has 1 rings (SSSR count). The van der Waals surface area contributed by atoms with Crippen molar-refractivity contribution in [3.63, 3.8) is 0 Å². The molecule has 1 aliphatic rings. The molecule has 1 unspecified atom stereocenters. The normalized spacial score (nSPS) is 20.6. The van der Waals surface area contributed by atoms with Gasteiger partial charge in [0, 0.05) is 45.9 Å². The number of rotatable bonds is 11. The van der Waals surface area contributed by atoms with Crippen LogP contribution >= 0.6 is 0 Å². The maximum atomic E-state index is 5.74. The molecular weight excluding hydrogens is 260 g/mol. The molecule has 0 aliphatic carbocycles. The van der Waals surface area contributed by atoms with Crippen LogP contribution in [0.4, 0.5) is 0 Å². The van der Waals surface area contributed by atoms with Crippen molar-refractivity contribution in [3.05, 3.63) is 0 Å². The van der Waals surface area contributed by atoms with Crippen LogP contribution < -0.4 is 0 Å². The second-order valence-electron chi connectivity index (χ2n) is 7.04. The highest BCUT2D eigenvalue weighted by molar-refractivity contribution is 4.81. The summed E-state index contributed by atoms with van der Waals surface area (Å²) < 4.78 is 5.74. The van der Waals surface area contributed by atoms with E-state index in [9.17, 15) is 0 Å². The number of ether oxygens (including phenoxy) is 1. The van der Waals surface area contributed by atoms with Crippen molar-refractivity contribution in [2.24, 2.45) is 5.41 Å². The van der Waals surface area contributed by atoms with Crippen molar-refractivity contribution in [1.82, 2.24) is 9.80 Å². The van der Waals surface area contributed by atoms with Crippen LogP contribution in [0.2, 0.25) is 0 Å². The molecule has 1 atom stereocenters. The lowest BCUT2D eigenvalue weighted by atomic mass is 9.82. The summed E-state index contributed by atoms with van der Waals surface area (Å²) in [7, 11) is 0. The summed E-state index contributed by atoms with van der Waals surface area (Å²) in [4.78, 5) is 5.29. The quantitative estimate of drug-likeness (QED) is 0.542. The lowest BCUT2D eigenvalue weighted by Gasteiger charge is -2.40. The number of hydrogen-bond donors (Lipinski definition) is 0. The molecule has 0 amide bonds.